The maximum atomic E-state index is 12.4. The molecule has 0 bridgehead atoms. The Kier molecular flexibility index (Phi) is 4.74. The van der Waals surface area contributed by atoms with Crippen molar-refractivity contribution >= 4 is 28.7 Å². The summed E-state index contributed by atoms with van der Waals surface area (Å²) >= 11 is 0. The van der Waals surface area contributed by atoms with Crippen LogP contribution in [0.15, 0.2) is 89.9 Å². The van der Waals surface area contributed by atoms with Crippen molar-refractivity contribution in [1.82, 2.24) is 14.5 Å². The highest BCUT2D eigenvalue weighted by Gasteiger charge is 2.06. The predicted molar refractivity (Wildman–Crippen MR) is 109 cm³/mol. The maximum absolute atomic E-state index is 12.4. The van der Waals surface area contributed by atoms with E-state index in [2.05, 4.69) is 15.3 Å². The van der Waals surface area contributed by atoms with Crippen molar-refractivity contribution in [3.8, 4) is 0 Å². The van der Waals surface area contributed by atoms with Gasteiger partial charge in [0, 0.05) is 29.9 Å². The van der Waals surface area contributed by atoms with Crippen LogP contribution in [0.4, 0.5) is 11.6 Å². The first-order chi connectivity index (χ1) is 13.3. The van der Waals surface area contributed by atoms with E-state index in [1.165, 1.54) is 0 Å². The number of allylic oxidation sites excluding steroid dienone is 1. The number of benzene rings is 2. The zero-order valence-corrected chi connectivity index (χ0v) is 14.6. The van der Waals surface area contributed by atoms with Crippen molar-refractivity contribution in [1.29, 1.82) is 0 Å². The molecule has 4 aromatic rings. The molecule has 2 aromatic carbocycles. The van der Waals surface area contributed by atoms with Crippen LogP contribution >= 0.6 is 0 Å². The van der Waals surface area contributed by atoms with Crippen LogP contribution in [-0.2, 0) is 6.54 Å². The molecular formula is C22H18N4O. The minimum Gasteiger partial charge on any atom is -0.324 e. The molecule has 0 aliphatic heterocycles. The van der Waals surface area contributed by atoms with Gasteiger partial charge in [0.15, 0.2) is 0 Å². The quantitative estimate of drug-likeness (QED) is 0.582. The SMILES string of the molecule is O=c1ccc2cnc(Nc3ccccc3)nc2n1CC=Cc1ccccc1. The Labute approximate surface area is 156 Å². The third-order valence-electron chi connectivity index (χ3n) is 4.15. The van der Waals surface area contributed by atoms with E-state index >= 15 is 0 Å². The highest BCUT2D eigenvalue weighted by atomic mass is 16.1. The lowest BCUT2D eigenvalue weighted by molar-refractivity contribution is 0.805. The molecule has 5 nitrogen and oxygen atoms in total. The minimum absolute atomic E-state index is 0.0930. The van der Waals surface area contributed by atoms with Crippen molar-refractivity contribution in [3.05, 3.63) is 101 Å². The summed E-state index contributed by atoms with van der Waals surface area (Å²) in [5.41, 5.74) is 2.50. The van der Waals surface area contributed by atoms with Gasteiger partial charge in [0.25, 0.3) is 5.56 Å². The lowest BCUT2D eigenvalue weighted by atomic mass is 10.2. The van der Waals surface area contributed by atoms with Gasteiger partial charge in [-0.25, -0.2) is 4.98 Å². The van der Waals surface area contributed by atoms with Crippen molar-refractivity contribution in [2.24, 2.45) is 0 Å². The normalized spacial score (nSPS) is 11.1. The second-order valence-electron chi connectivity index (χ2n) is 6.06. The lowest BCUT2D eigenvalue weighted by Crippen LogP contribution is -2.19. The molecule has 0 amide bonds. The van der Waals surface area contributed by atoms with Gasteiger partial charge in [0.2, 0.25) is 5.95 Å². The highest BCUT2D eigenvalue weighted by Crippen LogP contribution is 2.15. The highest BCUT2D eigenvalue weighted by molar-refractivity contribution is 5.75. The first-order valence-corrected chi connectivity index (χ1v) is 8.70. The summed E-state index contributed by atoms with van der Waals surface area (Å²) in [5.74, 6) is 0.458. The Balaban J connectivity index is 1.66. The summed E-state index contributed by atoms with van der Waals surface area (Å²) in [4.78, 5) is 21.3. The fraction of sp³-hybridized carbons (Fsp3) is 0.0455. The number of fused-ring (bicyclic) bond motifs is 1. The van der Waals surface area contributed by atoms with E-state index in [1.807, 2.05) is 72.8 Å². The van der Waals surface area contributed by atoms with Crippen molar-refractivity contribution < 1.29 is 0 Å². The second-order valence-corrected chi connectivity index (χ2v) is 6.06. The Morgan fingerprint density at radius 3 is 2.44 bits per heavy atom. The number of hydrogen-bond acceptors (Lipinski definition) is 4. The number of anilines is 2. The molecule has 0 saturated heterocycles. The largest absolute Gasteiger partial charge is 0.324 e. The molecule has 0 radical (unpaired) electrons. The molecule has 0 aliphatic carbocycles. The Morgan fingerprint density at radius 1 is 0.926 bits per heavy atom. The monoisotopic (exact) mass is 354 g/mol. The zero-order valence-electron chi connectivity index (χ0n) is 14.6. The van der Waals surface area contributed by atoms with Crippen LogP contribution in [0, 0.1) is 0 Å². The molecule has 5 heteroatoms. The summed E-state index contributed by atoms with van der Waals surface area (Å²) in [6.45, 7) is 0.437. The smallest absolute Gasteiger partial charge is 0.252 e. The van der Waals surface area contributed by atoms with E-state index in [0.29, 0.717) is 18.1 Å². The molecule has 27 heavy (non-hydrogen) atoms. The first kappa shape index (κ1) is 16.7. The van der Waals surface area contributed by atoms with Gasteiger partial charge < -0.3 is 5.32 Å². The van der Waals surface area contributed by atoms with E-state index in [4.69, 9.17) is 0 Å². The minimum atomic E-state index is -0.0930. The third kappa shape index (κ3) is 3.93. The third-order valence-corrected chi connectivity index (χ3v) is 4.15. The number of nitrogens with zero attached hydrogens (tertiary/aromatic N) is 3. The first-order valence-electron chi connectivity index (χ1n) is 8.70. The maximum Gasteiger partial charge on any atom is 0.252 e. The summed E-state index contributed by atoms with van der Waals surface area (Å²) in [7, 11) is 0. The average Bonchev–Trinajstić information content (AvgIpc) is 2.71. The fourth-order valence-electron chi connectivity index (χ4n) is 2.82. The van der Waals surface area contributed by atoms with Crippen molar-refractivity contribution in [3.63, 3.8) is 0 Å². The summed E-state index contributed by atoms with van der Waals surface area (Å²) < 4.78 is 1.65. The second kappa shape index (κ2) is 7.66. The Morgan fingerprint density at radius 2 is 1.67 bits per heavy atom. The van der Waals surface area contributed by atoms with Crippen LogP contribution in [-0.4, -0.2) is 14.5 Å². The summed E-state index contributed by atoms with van der Waals surface area (Å²) in [6.07, 6.45) is 5.68. The van der Waals surface area contributed by atoms with Gasteiger partial charge in [-0.1, -0.05) is 60.7 Å². The molecule has 2 heterocycles. The van der Waals surface area contributed by atoms with Gasteiger partial charge >= 0.3 is 0 Å². The van der Waals surface area contributed by atoms with Crippen molar-refractivity contribution in [2.75, 3.05) is 5.32 Å². The summed E-state index contributed by atoms with van der Waals surface area (Å²) in [5, 5.41) is 3.99. The topological polar surface area (TPSA) is 59.8 Å². The van der Waals surface area contributed by atoms with E-state index in [9.17, 15) is 4.79 Å². The summed E-state index contributed by atoms with van der Waals surface area (Å²) in [6, 6.07) is 23.0. The van der Waals surface area contributed by atoms with Crippen LogP contribution in [0.1, 0.15) is 5.56 Å². The Bertz CT molecular complexity index is 1140. The van der Waals surface area contributed by atoms with Crippen LogP contribution < -0.4 is 10.9 Å². The van der Waals surface area contributed by atoms with Crippen LogP contribution in [0.3, 0.4) is 0 Å². The van der Waals surface area contributed by atoms with Gasteiger partial charge in [-0.05, 0) is 23.8 Å². The zero-order chi connectivity index (χ0) is 18.5. The molecule has 0 spiro atoms. The number of para-hydroxylation sites is 1. The van der Waals surface area contributed by atoms with Gasteiger partial charge in [-0.15, -0.1) is 0 Å². The van der Waals surface area contributed by atoms with E-state index < -0.39 is 0 Å². The predicted octanol–water partition coefficient (Wildman–Crippen LogP) is 4.25. The van der Waals surface area contributed by atoms with Crippen molar-refractivity contribution in [2.45, 2.75) is 6.54 Å². The molecule has 1 N–H and O–H groups in total. The van der Waals surface area contributed by atoms with E-state index in [1.54, 1.807) is 22.9 Å². The van der Waals surface area contributed by atoms with E-state index in [0.717, 1.165) is 16.6 Å². The number of rotatable bonds is 5. The van der Waals surface area contributed by atoms with Crippen LogP contribution in [0.25, 0.3) is 17.1 Å². The molecule has 4 rings (SSSR count). The number of hydrogen-bond donors (Lipinski definition) is 1. The number of pyridine rings is 1. The average molecular weight is 354 g/mol. The van der Waals surface area contributed by atoms with Crippen LogP contribution in [0.2, 0.25) is 0 Å². The van der Waals surface area contributed by atoms with Gasteiger partial charge in [-0.3, -0.25) is 9.36 Å². The molecule has 0 fully saturated rings. The standard InChI is InChI=1S/C22H18N4O/c27-20-14-13-18-16-23-22(24-19-11-5-2-6-12-19)25-21(18)26(20)15-7-10-17-8-3-1-4-9-17/h1-14,16H,15H2,(H,23,24,25). The van der Waals surface area contributed by atoms with Gasteiger partial charge in [0.1, 0.15) is 5.65 Å². The number of nitrogens with one attached hydrogen (secondary N) is 1. The molecule has 2 aromatic heterocycles. The lowest BCUT2D eigenvalue weighted by Gasteiger charge is -2.09. The van der Waals surface area contributed by atoms with E-state index in [-0.39, 0.29) is 5.56 Å². The van der Waals surface area contributed by atoms with Crippen LogP contribution in [0.5, 0.6) is 0 Å². The van der Waals surface area contributed by atoms with Gasteiger partial charge in [0.05, 0.1) is 0 Å². The number of aromatic nitrogens is 3. The molecule has 0 atom stereocenters. The van der Waals surface area contributed by atoms with Gasteiger partial charge in [-0.2, -0.15) is 4.98 Å². The molecule has 132 valence electrons. The Hall–Kier alpha value is -3.73. The molecule has 0 unspecified atom stereocenters. The molecule has 0 saturated carbocycles. The molecule has 0 aliphatic rings. The fourth-order valence-corrected chi connectivity index (χ4v) is 2.82. The molecular weight excluding hydrogens is 336 g/mol.